The van der Waals surface area contributed by atoms with Gasteiger partial charge in [-0.3, -0.25) is 10.0 Å². The Morgan fingerprint density at radius 2 is 1.82 bits per heavy atom. The Kier molecular flexibility index (Phi) is 7.11. The van der Waals surface area contributed by atoms with Crippen molar-refractivity contribution in [3.8, 4) is 11.1 Å². The summed E-state index contributed by atoms with van der Waals surface area (Å²) in [7, 11) is 0. The number of hydrogen-bond donors (Lipinski definition) is 3. The zero-order valence-corrected chi connectivity index (χ0v) is 16.6. The van der Waals surface area contributed by atoms with E-state index in [1.807, 2.05) is 42.5 Å². The Morgan fingerprint density at radius 1 is 1.14 bits per heavy atom. The molecule has 0 aromatic heterocycles. The number of aliphatic hydroxyl groups is 1. The van der Waals surface area contributed by atoms with E-state index in [1.54, 1.807) is 5.48 Å². The number of allylic oxidation sites excluding steroid dienone is 1. The van der Waals surface area contributed by atoms with Gasteiger partial charge in [-0.25, -0.2) is 9.87 Å². The van der Waals surface area contributed by atoms with Crippen molar-refractivity contribution in [1.82, 2.24) is 5.48 Å². The Balaban J connectivity index is 2.05. The van der Waals surface area contributed by atoms with Gasteiger partial charge in [-0.15, -0.1) is 0 Å². The Morgan fingerprint density at radius 3 is 2.39 bits per heavy atom. The molecular weight excluding hydrogens is 357 g/mol. The summed E-state index contributed by atoms with van der Waals surface area (Å²) in [4.78, 5) is 12.0. The number of hydrogen-bond acceptors (Lipinski definition) is 3. The van der Waals surface area contributed by atoms with Crippen LogP contribution in [0.5, 0.6) is 0 Å². The maximum atomic E-state index is 13.2. The average molecular weight is 385 g/mol. The topological polar surface area (TPSA) is 69.6 Å². The standard InChI is InChI=1S/C23H28FNO3/c1-17-7-6-9-20(15-17)19-12-10-18(11-13-19)8-4-5-14-22(2,21(26)25-28)23(3,27)16-24/h4,6-13,15,27-28H,5,14,16H2,1-3H3,(H,25,26)/b8-4+. The van der Waals surface area contributed by atoms with Crippen molar-refractivity contribution in [1.29, 1.82) is 0 Å². The summed E-state index contributed by atoms with van der Waals surface area (Å²) in [5.74, 6) is -0.800. The number of halogens is 1. The van der Waals surface area contributed by atoms with Crippen LogP contribution in [0.1, 0.15) is 37.8 Å². The fourth-order valence-electron chi connectivity index (χ4n) is 3.10. The zero-order chi connectivity index (χ0) is 20.8. The highest BCUT2D eigenvalue weighted by molar-refractivity contribution is 5.82. The van der Waals surface area contributed by atoms with Crippen molar-refractivity contribution in [2.45, 2.75) is 39.2 Å². The van der Waals surface area contributed by atoms with Gasteiger partial charge in [0.25, 0.3) is 5.91 Å². The van der Waals surface area contributed by atoms with E-state index in [1.165, 1.54) is 19.4 Å². The second kappa shape index (κ2) is 9.13. The molecule has 0 spiro atoms. The first-order valence-electron chi connectivity index (χ1n) is 9.30. The van der Waals surface area contributed by atoms with Crippen LogP contribution in [-0.2, 0) is 4.79 Å². The van der Waals surface area contributed by atoms with E-state index in [4.69, 9.17) is 5.21 Å². The molecule has 3 N–H and O–H groups in total. The maximum Gasteiger partial charge on any atom is 0.252 e. The van der Waals surface area contributed by atoms with Crippen molar-refractivity contribution in [2.75, 3.05) is 6.67 Å². The number of nitrogens with one attached hydrogen (secondary N) is 1. The van der Waals surface area contributed by atoms with E-state index in [9.17, 15) is 14.3 Å². The lowest BCUT2D eigenvalue weighted by Crippen LogP contribution is -2.54. The first-order chi connectivity index (χ1) is 13.2. The molecular formula is C23H28FNO3. The lowest BCUT2D eigenvalue weighted by molar-refractivity contribution is -0.158. The summed E-state index contributed by atoms with van der Waals surface area (Å²) in [6.07, 6.45) is 4.42. The monoisotopic (exact) mass is 385 g/mol. The van der Waals surface area contributed by atoms with Gasteiger partial charge in [-0.2, -0.15) is 0 Å². The minimum absolute atomic E-state index is 0.189. The summed E-state index contributed by atoms with van der Waals surface area (Å²) >= 11 is 0. The molecule has 28 heavy (non-hydrogen) atoms. The second-order valence-corrected chi connectivity index (χ2v) is 7.61. The summed E-state index contributed by atoms with van der Waals surface area (Å²) in [6.45, 7) is 3.69. The molecule has 4 nitrogen and oxygen atoms in total. The van der Waals surface area contributed by atoms with Crippen LogP contribution in [0.15, 0.2) is 54.6 Å². The van der Waals surface area contributed by atoms with E-state index in [2.05, 4.69) is 25.1 Å². The molecule has 2 atom stereocenters. The molecule has 0 bridgehead atoms. The first kappa shape index (κ1) is 21.8. The number of benzene rings is 2. The van der Waals surface area contributed by atoms with Crippen LogP contribution < -0.4 is 5.48 Å². The molecule has 0 aliphatic carbocycles. The number of carbonyl (C=O) groups is 1. The molecule has 5 heteroatoms. The van der Waals surface area contributed by atoms with E-state index in [-0.39, 0.29) is 6.42 Å². The lowest BCUT2D eigenvalue weighted by Gasteiger charge is -2.38. The molecule has 2 unspecified atom stereocenters. The van der Waals surface area contributed by atoms with Crippen LogP contribution in [-0.4, -0.2) is 28.5 Å². The fraction of sp³-hybridized carbons (Fsp3) is 0.348. The summed E-state index contributed by atoms with van der Waals surface area (Å²) in [5, 5.41) is 19.2. The highest BCUT2D eigenvalue weighted by atomic mass is 19.1. The molecule has 0 radical (unpaired) electrons. The van der Waals surface area contributed by atoms with Gasteiger partial charge in [0.05, 0.1) is 5.41 Å². The van der Waals surface area contributed by atoms with Gasteiger partial charge in [0.1, 0.15) is 12.3 Å². The molecule has 2 rings (SSSR count). The fourth-order valence-corrected chi connectivity index (χ4v) is 3.10. The van der Waals surface area contributed by atoms with E-state index >= 15 is 0 Å². The molecule has 0 saturated heterocycles. The van der Waals surface area contributed by atoms with Crippen molar-refractivity contribution < 1.29 is 19.5 Å². The Bertz CT molecular complexity index is 830. The third-order valence-electron chi connectivity index (χ3n) is 5.44. The third-order valence-corrected chi connectivity index (χ3v) is 5.44. The van der Waals surface area contributed by atoms with Gasteiger partial charge in [0, 0.05) is 0 Å². The highest BCUT2D eigenvalue weighted by Gasteiger charge is 2.48. The number of rotatable bonds is 8. The van der Waals surface area contributed by atoms with Gasteiger partial charge in [-0.05, 0) is 50.3 Å². The average Bonchev–Trinajstić information content (AvgIpc) is 2.70. The minimum Gasteiger partial charge on any atom is -0.386 e. The molecule has 0 saturated carbocycles. The summed E-state index contributed by atoms with van der Waals surface area (Å²) in [5.41, 5.74) is 2.72. The molecule has 2 aromatic carbocycles. The molecule has 150 valence electrons. The zero-order valence-electron chi connectivity index (χ0n) is 16.6. The van der Waals surface area contributed by atoms with Crippen molar-refractivity contribution in [3.63, 3.8) is 0 Å². The first-order valence-corrected chi connectivity index (χ1v) is 9.30. The van der Waals surface area contributed by atoms with Crippen LogP contribution in [0.4, 0.5) is 4.39 Å². The lowest BCUT2D eigenvalue weighted by atomic mass is 9.71. The van der Waals surface area contributed by atoms with Crippen LogP contribution in [0.25, 0.3) is 17.2 Å². The number of hydroxylamine groups is 1. The van der Waals surface area contributed by atoms with Crippen molar-refractivity contribution in [2.24, 2.45) is 5.41 Å². The predicted molar refractivity (Wildman–Crippen MR) is 110 cm³/mol. The number of alkyl halides is 1. The van der Waals surface area contributed by atoms with Crippen LogP contribution in [0.3, 0.4) is 0 Å². The molecule has 1 amide bonds. The molecule has 0 fully saturated rings. The van der Waals surface area contributed by atoms with Gasteiger partial charge >= 0.3 is 0 Å². The molecule has 0 aliphatic rings. The largest absolute Gasteiger partial charge is 0.386 e. The van der Waals surface area contributed by atoms with E-state index in [0.29, 0.717) is 6.42 Å². The number of aryl methyl sites for hydroxylation is 1. The second-order valence-electron chi connectivity index (χ2n) is 7.61. The predicted octanol–water partition coefficient (Wildman–Crippen LogP) is 4.69. The number of carbonyl (C=O) groups excluding carboxylic acids is 1. The SMILES string of the molecule is Cc1cccc(-c2ccc(/C=C/CCC(C)(C(=O)NO)C(C)(O)CF)cc2)c1. The number of amides is 1. The molecule has 0 heterocycles. The van der Waals surface area contributed by atoms with Crippen molar-refractivity contribution >= 4 is 12.0 Å². The van der Waals surface area contributed by atoms with Crippen LogP contribution in [0.2, 0.25) is 0 Å². The van der Waals surface area contributed by atoms with Gasteiger partial charge in [0.2, 0.25) is 0 Å². The Hall–Kier alpha value is -2.50. The van der Waals surface area contributed by atoms with Crippen molar-refractivity contribution in [3.05, 3.63) is 65.7 Å². The van der Waals surface area contributed by atoms with Crippen LogP contribution >= 0.6 is 0 Å². The Labute approximate surface area is 165 Å². The summed E-state index contributed by atoms with van der Waals surface area (Å²) in [6, 6.07) is 16.4. The van der Waals surface area contributed by atoms with Crippen LogP contribution in [0, 0.1) is 12.3 Å². The van der Waals surface area contributed by atoms with E-state index < -0.39 is 23.6 Å². The smallest absolute Gasteiger partial charge is 0.252 e. The third kappa shape index (κ3) is 4.86. The normalized spacial score (nSPS) is 15.8. The van der Waals surface area contributed by atoms with Gasteiger partial charge < -0.3 is 5.11 Å². The van der Waals surface area contributed by atoms with E-state index in [0.717, 1.165) is 16.7 Å². The minimum atomic E-state index is -1.87. The molecule has 2 aromatic rings. The van der Waals surface area contributed by atoms with Gasteiger partial charge in [0.15, 0.2) is 0 Å². The van der Waals surface area contributed by atoms with Gasteiger partial charge in [-0.1, -0.05) is 66.2 Å². The quantitative estimate of drug-likeness (QED) is 0.456. The summed E-state index contributed by atoms with van der Waals surface area (Å²) < 4.78 is 13.2. The highest BCUT2D eigenvalue weighted by Crippen LogP contribution is 2.37. The molecule has 0 aliphatic heterocycles. The maximum absolute atomic E-state index is 13.2.